The van der Waals surface area contributed by atoms with E-state index in [0.717, 1.165) is 44.7 Å². The average molecular weight is 276 g/mol. The minimum atomic E-state index is -0.374. The van der Waals surface area contributed by atoms with Crippen LogP contribution < -0.4 is 0 Å². The quantitative estimate of drug-likeness (QED) is 0.894. The second-order valence-electron chi connectivity index (χ2n) is 5.85. The zero-order valence-corrected chi connectivity index (χ0v) is 13.0. The first-order chi connectivity index (χ1) is 9.63. The molecule has 3 heteroatoms. The minimum absolute atomic E-state index is 0.374. The molecule has 112 valence electrons. The molecule has 1 heterocycles. The molecule has 2 unspecified atom stereocenters. The van der Waals surface area contributed by atoms with Crippen molar-refractivity contribution in [3.05, 3.63) is 35.4 Å². The normalized spacial score (nSPS) is 22.9. The minimum Gasteiger partial charge on any atom is -0.387 e. The summed E-state index contributed by atoms with van der Waals surface area (Å²) < 4.78 is 0. The van der Waals surface area contributed by atoms with Crippen molar-refractivity contribution < 1.29 is 5.11 Å². The summed E-state index contributed by atoms with van der Waals surface area (Å²) in [7, 11) is 0. The number of hydrogen-bond acceptors (Lipinski definition) is 3. The van der Waals surface area contributed by atoms with Crippen molar-refractivity contribution in [2.24, 2.45) is 0 Å². The van der Waals surface area contributed by atoms with E-state index in [2.05, 4.69) is 54.8 Å². The number of hydrogen-bond donors (Lipinski definition) is 1. The molecular weight excluding hydrogens is 248 g/mol. The van der Waals surface area contributed by atoms with Crippen molar-refractivity contribution in [1.29, 1.82) is 0 Å². The molecule has 1 saturated heterocycles. The summed E-state index contributed by atoms with van der Waals surface area (Å²) in [6.07, 6.45) is 0.675. The third kappa shape index (κ3) is 3.81. The Morgan fingerprint density at radius 2 is 1.90 bits per heavy atom. The molecule has 1 N–H and O–H groups in total. The molecule has 1 fully saturated rings. The summed E-state index contributed by atoms with van der Waals surface area (Å²) in [5.74, 6) is 0. The van der Waals surface area contributed by atoms with Crippen LogP contribution in [-0.2, 0) is 6.42 Å². The number of likely N-dealkylation sites (N-methyl/N-ethyl adjacent to an activating group) is 1. The Morgan fingerprint density at radius 3 is 2.45 bits per heavy atom. The molecule has 0 bridgehead atoms. The summed E-state index contributed by atoms with van der Waals surface area (Å²) in [6.45, 7) is 11.7. The third-order valence-electron chi connectivity index (χ3n) is 4.46. The molecule has 1 aromatic rings. The predicted molar refractivity (Wildman–Crippen MR) is 83.9 cm³/mol. The van der Waals surface area contributed by atoms with Gasteiger partial charge in [0.15, 0.2) is 0 Å². The summed E-state index contributed by atoms with van der Waals surface area (Å²) in [5.41, 5.74) is 2.36. The van der Waals surface area contributed by atoms with E-state index in [1.165, 1.54) is 5.56 Å². The van der Waals surface area contributed by atoms with Gasteiger partial charge in [-0.2, -0.15) is 0 Å². The van der Waals surface area contributed by atoms with Crippen LogP contribution in [0.4, 0.5) is 0 Å². The molecule has 3 nitrogen and oxygen atoms in total. The van der Waals surface area contributed by atoms with Crippen LogP contribution in [0, 0.1) is 0 Å². The topological polar surface area (TPSA) is 26.7 Å². The van der Waals surface area contributed by atoms with Gasteiger partial charge in [-0.25, -0.2) is 0 Å². The van der Waals surface area contributed by atoms with Crippen LogP contribution in [0.5, 0.6) is 0 Å². The van der Waals surface area contributed by atoms with Gasteiger partial charge in [0.1, 0.15) is 0 Å². The highest BCUT2D eigenvalue weighted by atomic mass is 16.3. The molecule has 0 aromatic heterocycles. The largest absolute Gasteiger partial charge is 0.387 e. The Labute approximate surface area is 123 Å². The van der Waals surface area contributed by atoms with Crippen LogP contribution in [0.15, 0.2) is 24.3 Å². The first-order valence-corrected chi connectivity index (χ1v) is 7.87. The summed E-state index contributed by atoms with van der Waals surface area (Å²) >= 11 is 0. The zero-order chi connectivity index (χ0) is 14.5. The summed E-state index contributed by atoms with van der Waals surface area (Å²) in [4.78, 5) is 4.88. The highest BCUT2D eigenvalue weighted by molar-refractivity contribution is 5.24. The van der Waals surface area contributed by atoms with Crippen LogP contribution in [-0.4, -0.2) is 53.7 Å². The number of piperazine rings is 1. The van der Waals surface area contributed by atoms with Gasteiger partial charge in [0, 0.05) is 32.2 Å². The molecule has 2 rings (SSSR count). The van der Waals surface area contributed by atoms with Crippen LogP contribution in [0.2, 0.25) is 0 Å². The molecule has 20 heavy (non-hydrogen) atoms. The maximum atomic E-state index is 10.4. The van der Waals surface area contributed by atoms with Gasteiger partial charge >= 0.3 is 0 Å². The van der Waals surface area contributed by atoms with Gasteiger partial charge in [-0.3, -0.25) is 9.80 Å². The van der Waals surface area contributed by atoms with Crippen LogP contribution >= 0.6 is 0 Å². The second kappa shape index (κ2) is 7.21. The van der Waals surface area contributed by atoms with Gasteiger partial charge in [-0.15, -0.1) is 0 Å². The molecule has 0 amide bonds. The molecule has 0 saturated carbocycles. The molecule has 1 aliphatic heterocycles. The van der Waals surface area contributed by atoms with E-state index in [1.54, 1.807) is 0 Å². The number of aliphatic hydroxyl groups is 1. The Balaban J connectivity index is 1.89. The van der Waals surface area contributed by atoms with Crippen molar-refractivity contribution in [1.82, 2.24) is 9.80 Å². The third-order valence-corrected chi connectivity index (χ3v) is 4.46. The summed E-state index contributed by atoms with van der Waals surface area (Å²) in [6, 6.07) is 8.96. The molecule has 0 spiro atoms. The Kier molecular flexibility index (Phi) is 5.58. The monoisotopic (exact) mass is 276 g/mol. The maximum Gasteiger partial charge on any atom is 0.0916 e. The van der Waals surface area contributed by atoms with Crippen molar-refractivity contribution in [2.75, 3.05) is 32.7 Å². The zero-order valence-electron chi connectivity index (χ0n) is 13.0. The van der Waals surface area contributed by atoms with Crippen LogP contribution in [0.1, 0.15) is 38.0 Å². The SMILES string of the molecule is CCc1ccc(C(O)CN2CCN(CC)C(C)C2)cc1. The molecular formula is C17H28N2O. The van der Waals surface area contributed by atoms with Gasteiger partial charge in [0.2, 0.25) is 0 Å². The van der Waals surface area contributed by atoms with E-state index in [0.29, 0.717) is 6.04 Å². The summed E-state index contributed by atoms with van der Waals surface area (Å²) in [5, 5.41) is 10.4. The van der Waals surface area contributed by atoms with E-state index in [-0.39, 0.29) is 6.10 Å². The molecule has 1 aliphatic rings. The van der Waals surface area contributed by atoms with Gasteiger partial charge in [-0.1, -0.05) is 38.1 Å². The highest BCUT2D eigenvalue weighted by Gasteiger charge is 2.24. The Hall–Kier alpha value is -0.900. The van der Waals surface area contributed by atoms with Crippen LogP contribution in [0.3, 0.4) is 0 Å². The average Bonchev–Trinajstić information content (AvgIpc) is 2.47. The molecule has 2 atom stereocenters. The number of aliphatic hydroxyl groups excluding tert-OH is 1. The van der Waals surface area contributed by atoms with Gasteiger partial charge < -0.3 is 5.11 Å². The number of nitrogens with zero attached hydrogens (tertiary/aromatic N) is 2. The molecule has 0 aliphatic carbocycles. The standard InChI is InChI=1S/C17H28N2O/c1-4-15-6-8-16(9-7-15)17(20)13-18-10-11-19(5-2)14(3)12-18/h6-9,14,17,20H,4-5,10-13H2,1-3H3. The fourth-order valence-corrected chi connectivity index (χ4v) is 3.03. The fourth-order valence-electron chi connectivity index (χ4n) is 3.03. The van der Waals surface area contributed by atoms with E-state index in [1.807, 2.05) is 0 Å². The number of benzene rings is 1. The fraction of sp³-hybridized carbons (Fsp3) is 0.647. The first-order valence-electron chi connectivity index (χ1n) is 7.87. The van der Waals surface area contributed by atoms with Gasteiger partial charge in [0.25, 0.3) is 0 Å². The Bertz CT molecular complexity index is 404. The lowest BCUT2D eigenvalue weighted by Crippen LogP contribution is -2.52. The van der Waals surface area contributed by atoms with Gasteiger partial charge in [0.05, 0.1) is 6.10 Å². The van der Waals surface area contributed by atoms with Crippen molar-refractivity contribution >= 4 is 0 Å². The van der Waals surface area contributed by atoms with Crippen LogP contribution in [0.25, 0.3) is 0 Å². The number of β-amino-alcohol motifs (C(OH)–C–C–N with tert-alkyl or cyclic N) is 1. The van der Waals surface area contributed by atoms with Crippen molar-refractivity contribution in [3.8, 4) is 0 Å². The lowest BCUT2D eigenvalue weighted by atomic mass is 10.0. The maximum absolute atomic E-state index is 10.4. The van der Waals surface area contributed by atoms with Crippen molar-refractivity contribution in [3.63, 3.8) is 0 Å². The van der Waals surface area contributed by atoms with Gasteiger partial charge in [-0.05, 0) is 31.0 Å². The Morgan fingerprint density at radius 1 is 1.20 bits per heavy atom. The first kappa shape index (κ1) is 15.5. The lowest BCUT2D eigenvalue weighted by Gasteiger charge is -2.40. The lowest BCUT2D eigenvalue weighted by molar-refractivity contribution is 0.0478. The molecule has 0 radical (unpaired) electrons. The van der Waals surface area contributed by atoms with Crippen molar-refractivity contribution in [2.45, 2.75) is 39.3 Å². The highest BCUT2D eigenvalue weighted by Crippen LogP contribution is 2.18. The molecule has 1 aromatic carbocycles. The predicted octanol–water partition coefficient (Wildman–Crippen LogP) is 2.31. The van der Waals surface area contributed by atoms with E-state index in [4.69, 9.17) is 0 Å². The van der Waals surface area contributed by atoms with E-state index >= 15 is 0 Å². The van der Waals surface area contributed by atoms with E-state index in [9.17, 15) is 5.11 Å². The number of aryl methyl sites for hydroxylation is 1. The number of rotatable bonds is 5. The van der Waals surface area contributed by atoms with E-state index < -0.39 is 0 Å². The second-order valence-corrected chi connectivity index (χ2v) is 5.85. The smallest absolute Gasteiger partial charge is 0.0916 e.